The summed E-state index contributed by atoms with van der Waals surface area (Å²) in [6.07, 6.45) is 0. The van der Waals surface area contributed by atoms with Crippen LogP contribution in [-0.4, -0.2) is 62.9 Å². The maximum atomic E-state index is 12.9. The minimum Gasteiger partial charge on any atom is -0.361 e. The smallest absolute Gasteiger partial charge is 0.276 e. The minimum absolute atomic E-state index is 0.0636. The molecule has 1 aliphatic heterocycles. The highest BCUT2D eigenvalue weighted by molar-refractivity contribution is 5.97. The van der Waals surface area contributed by atoms with Crippen molar-refractivity contribution in [3.05, 3.63) is 52.7 Å². The van der Waals surface area contributed by atoms with Crippen molar-refractivity contribution < 1.29 is 14.1 Å². The molecule has 1 aromatic carbocycles. The highest BCUT2D eigenvalue weighted by atomic mass is 16.5. The molecule has 0 radical (unpaired) electrons. The van der Waals surface area contributed by atoms with E-state index in [-0.39, 0.29) is 11.8 Å². The molecule has 1 aliphatic rings. The zero-order valence-electron chi connectivity index (χ0n) is 16.1. The van der Waals surface area contributed by atoms with Crippen LogP contribution in [0.3, 0.4) is 0 Å². The van der Waals surface area contributed by atoms with Crippen LogP contribution in [0.15, 0.2) is 28.8 Å². The number of benzene rings is 1. The summed E-state index contributed by atoms with van der Waals surface area (Å²) in [4.78, 5) is 37.8. The lowest BCUT2D eigenvalue weighted by atomic mass is 10.1. The highest BCUT2D eigenvalue weighted by Gasteiger charge is 2.27. The largest absolute Gasteiger partial charge is 0.361 e. The maximum absolute atomic E-state index is 12.9. The van der Waals surface area contributed by atoms with E-state index in [0.29, 0.717) is 48.7 Å². The van der Waals surface area contributed by atoms with Crippen molar-refractivity contribution in [2.75, 3.05) is 26.2 Å². The van der Waals surface area contributed by atoms with Gasteiger partial charge in [-0.15, -0.1) is 0 Å². The Morgan fingerprint density at radius 1 is 0.857 bits per heavy atom. The molecule has 0 unspecified atom stereocenters. The van der Waals surface area contributed by atoms with E-state index in [0.717, 1.165) is 16.9 Å². The van der Waals surface area contributed by atoms with Gasteiger partial charge >= 0.3 is 0 Å². The Morgan fingerprint density at radius 3 is 2.07 bits per heavy atom. The Morgan fingerprint density at radius 2 is 1.46 bits per heavy atom. The van der Waals surface area contributed by atoms with Crippen LogP contribution < -0.4 is 0 Å². The zero-order chi connectivity index (χ0) is 19.8. The standard InChI is InChI=1S/C20H21N5O3/c1-12-10-18(23-28-12)20(27)25-8-6-24(7-9-25)19(26)15-4-5-16-17(11-15)22-14(3)13(2)21-16/h4-5,10-11H,6-9H2,1-3H3. The molecule has 2 amide bonds. The van der Waals surface area contributed by atoms with Crippen molar-refractivity contribution in [3.8, 4) is 0 Å². The fourth-order valence-electron chi connectivity index (χ4n) is 3.29. The van der Waals surface area contributed by atoms with Crippen LogP contribution in [0.25, 0.3) is 11.0 Å². The highest BCUT2D eigenvalue weighted by Crippen LogP contribution is 2.17. The van der Waals surface area contributed by atoms with E-state index < -0.39 is 0 Å². The number of aryl methyl sites for hydroxylation is 3. The molecule has 0 spiro atoms. The van der Waals surface area contributed by atoms with Crippen molar-refractivity contribution >= 4 is 22.8 Å². The van der Waals surface area contributed by atoms with Crippen LogP contribution in [0, 0.1) is 20.8 Å². The third-order valence-electron chi connectivity index (χ3n) is 5.02. The number of carbonyl (C=O) groups excluding carboxylic acids is 2. The van der Waals surface area contributed by atoms with Gasteiger partial charge in [-0.1, -0.05) is 5.16 Å². The monoisotopic (exact) mass is 379 g/mol. The Hall–Kier alpha value is -3.29. The predicted octanol–water partition coefficient (Wildman–Crippen LogP) is 2.14. The number of nitrogens with zero attached hydrogens (tertiary/aromatic N) is 5. The number of carbonyl (C=O) groups is 2. The molecule has 0 aliphatic carbocycles. The number of hydrogen-bond acceptors (Lipinski definition) is 6. The van der Waals surface area contributed by atoms with Crippen LogP contribution in [0.5, 0.6) is 0 Å². The molecule has 0 atom stereocenters. The first-order valence-corrected chi connectivity index (χ1v) is 9.19. The summed E-state index contributed by atoms with van der Waals surface area (Å²) >= 11 is 0. The molecule has 0 N–H and O–H groups in total. The molecule has 2 aromatic heterocycles. The molecule has 8 heteroatoms. The quantitative estimate of drug-likeness (QED) is 0.677. The summed E-state index contributed by atoms with van der Waals surface area (Å²) < 4.78 is 4.97. The van der Waals surface area contributed by atoms with E-state index in [9.17, 15) is 9.59 Å². The summed E-state index contributed by atoms with van der Waals surface area (Å²) in [5.41, 5.74) is 4.11. The molecule has 4 rings (SSSR count). The molecular weight excluding hydrogens is 358 g/mol. The molecule has 28 heavy (non-hydrogen) atoms. The van der Waals surface area contributed by atoms with Crippen LogP contribution in [-0.2, 0) is 0 Å². The topological polar surface area (TPSA) is 92.4 Å². The van der Waals surface area contributed by atoms with E-state index in [1.807, 2.05) is 19.9 Å². The number of aromatic nitrogens is 3. The summed E-state index contributed by atoms with van der Waals surface area (Å²) in [6.45, 7) is 7.43. The van der Waals surface area contributed by atoms with E-state index in [4.69, 9.17) is 4.52 Å². The Bertz CT molecular complexity index is 1070. The first kappa shape index (κ1) is 18.1. The van der Waals surface area contributed by atoms with E-state index in [1.165, 1.54) is 0 Å². The lowest BCUT2D eigenvalue weighted by Gasteiger charge is -2.34. The van der Waals surface area contributed by atoms with Gasteiger partial charge in [0.2, 0.25) is 0 Å². The molecule has 1 fully saturated rings. The molecule has 1 saturated heterocycles. The Kier molecular flexibility index (Phi) is 4.54. The van der Waals surface area contributed by atoms with E-state index in [2.05, 4.69) is 15.1 Å². The second-order valence-electron chi connectivity index (χ2n) is 7.01. The van der Waals surface area contributed by atoms with Crippen LogP contribution in [0.2, 0.25) is 0 Å². The van der Waals surface area contributed by atoms with Gasteiger partial charge in [-0.2, -0.15) is 0 Å². The third-order valence-corrected chi connectivity index (χ3v) is 5.02. The number of fused-ring (bicyclic) bond motifs is 1. The molecule has 0 bridgehead atoms. The van der Waals surface area contributed by atoms with Gasteiger partial charge in [-0.05, 0) is 39.0 Å². The molecule has 0 saturated carbocycles. The lowest BCUT2D eigenvalue weighted by molar-refractivity contribution is 0.0530. The van der Waals surface area contributed by atoms with Gasteiger partial charge in [0, 0.05) is 37.8 Å². The predicted molar refractivity (Wildman–Crippen MR) is 102 cm³/mol. The van der Waals surface area contributed by atoms with Gasteiger partial charge in [0.05, 0.1) is 22.4 Å². The van der Waals surface area contributed by atoms with Gasteiger partial charge in [-0.3, -0.25) is 9.59 Å². The summed E-state index contributed by atoms with van der Waals surface area (Å²) in [6, 6.07) is 7.02. The maximum Gasteiger partial charge on any atom is 0.276 e. The second kappa shape index (κ2) is 7.03. The van der Waals surface area contributed by atoms with Gasteiger partial charge in [0.25, 0.3) is 11.8 Å². The van der Waals surface area contributed by atoms with Crippen molar-refractivity contribution in [2.24, 2.45) is 0 Å². The third kappa shape index (κ3) is 3.33. The van der Waals surface area contributed by atoms with Crippen LogP contribution >= 0.6 is 0 Å². The van der Waals surface area contributed by atoms with Gasteiger partial charge in [-0.25, -0.2) is 9.97 Å². The lowest BCUT2D eigenvalue weighted by Crippen LogP contribution is -2.50. The first-order valence-electron chi connectivity index (χ1n) is 9.19. The molecule has 3 heterocycles. The molecule has 144 valence electrons. The Labute approximate surface area is 162 Å². The summed E-state index contributed by atoms with van der Waals surface area (Å²) in [5.74, 6) is 0.365. The summed E-state index contributed by atoms with van der Waals surface area (Å²) in [5, 5.41) is 3.78. The second-order valence-corrected chi connectivity index (χ2v) is 7.01. The fourth-order valence-corrected chi connectivity index (χ4v) is 3.29. The first-order chi connectivity index (χ1) is 13.4. The molecule has 3 aromatic rings. The normalized spacial score (nSPS) is 14.5. The van der Waals surface area contributed by atoms with Crippen molar-refractivity contribution in [1.29, 1.82) is 0 Å². The van der Waals surface area contributed by atoms with Crippen molar-refractivity contribution in [3.63, 3.8) is 0 Å². The molecule has 8 nitrogen and oxygen atoms in total. The minimum atomic E-state index is -0.171. The SMILES string of the molecule is Cc1cc(C(=O)N2CCN(C(=O)c3ccc4nc(C)c(C)nc4c3)CC2)no1. The van der Waals surface area contributed by atoms with Crippen molar-refractivity contribution in [2.45, 2.75) is 20.8 Å². The number of amides is 2. The van der Waals surface area contributed by atoms with E-state index >= 15 is 0 Å². The van der Waals surface area contributed by atoms with Crippen LogP contribution in [0.4, 0.5) is 0 Å². The van der Waals surface area contributed by atoms with Gasteiger partial charge in [0.15, 0.2) is 5.69 Å². The number of rotatable bonds is 2. The van der Waals surface area contributed by atoms with Crippen LogP contribution in [0.1, 0.15) is 38.0 Å². The van der Waals surface area contributed by atoms with Gasteiger partial charge < -0.3 is 14.3 Å². The number of piperazine rings is 1. The zero-order valence-corrected chi connectivity index (χ0v) is 16.1. The average Bonchev–Trinajstić information content (AvgIpc) is 3.14. The Balaban J connectivity index is 1.46. The summed E-state index contributed by atoms with van der Waals surface area (Å²) in [7, 11) is 0. The van der Waals surface area contributed by atoms with Gasteiger partial charge in [0.1, 0.15) is 5.76 Å². The average molecular weight is 379 g/mol. The van der Waals surface area contributed by atoms with E-state index in [1.54, 1.807) is 34.9 Å². The molecular formula is C20H21N5O3. The fraction of sp³-hybridized carbons (Fsp3) is 0.350. The number of hydrogen-bond donors (Lipinski definition) is 0. The van der Waals surface area contributed by atoms with Crippen molar-refractivity contribution in [1.82, 2.24) is 24.9 Å².